The monoisotopic (exact) mass is 216 g/mol. The van der Waals surface area contributed by atoms with Crippen molar-refractivity contribution in [1.29, 1.82) is 0 Å². The first-order chi connectivity index (χ1) is 6.59. The van der Waals surface area contributed by atoms with E-state index in [1.165, 1.54) is 12.3 Å². The van der Waals surface area contributed by atoms with Gasteiger partial charge in [0.2, 0.25) is 5.03 Å². The topological polar surface area (TPSA) is 59.1 Å². The van der Waals surface area contributed by atoms with Crippen molar-refractivity contribution in [1.82, 2.24) is 9.71 Å². The number of rotatable bonds is 3. The molecule has 0 unspecified atom stereocenters. The van der Waals surface area contributed by atoms with Crippen LogP contribution in [0.1, 0.15) is 12.8 Å². The van der Waals surface area contributed by atoms with Gasteiger partial charge in [0, 0.05) is 12.2 Å². The van der Waals surface area contributed by atoms with Crippen molar-refractivity contribution in [2.45, 2.75) is 23.9 Å². The van der Waals surface area contributed by atoms with E-state index in [0.29, 0.717) is 0 Å². The Balaban J connectivity index is 2.33. The molecule has 0 aromatic carbocycles. The van der Waals surface area contributed by atoms with Crippen LogP contribution in [-0.4, -0.2) is 19.4 Å². The van der Waals surface area contributed by atoms with Gasteiger partial charge in [-0.1, -0.05) is 0 Å². The molecule has 0 amide bonds. The molecule has 2 rings (SSSR count). The zero-order chi connectivity index (χ0) is 10.2. The van der Waals surface area contributed by atoms with Gasteiger partial charge in [-0.2, -0.15) is 0 Å². The first kappa shape index (κ1) is 9.54. The molecule has 1 heterocycles. The van der Waals surface area contributed by atoms with Gasteiger partial charge in [0.05, 0.1) is 0 Å². The van der Waals surface area contributed by atoms with E-state index in [2.05, 4.69) is 9.71 Å². The van der Waals surface area contributed by atoms with E-state index in [1.807, 2.05) is 0 Å². The molecule has 4 nitrogen and oxygen atoms in total. The molecular formula is C8H9FN2O2S. The lowest BCUT2D eigenvalue weighted by Gasteiger charge is -2.04. The number of aromatic nitrogens is 1. The third kappa shape index (κ3) is 1.91. The summed E-state index contributed by atoms with van der Waals surface area (Å²) in [6.45, 7) is 0. The second-order valence-corrected chi connectivity index (χ2v) is 4.82. The summed E-state index contributed by atoms with van der Waals surface area (Å²) in [7, 11) is -3.76. The highest BCUT2D eigenvalue weighted by Crippen LogP contribution is 2.22. The van der Waals surface area contributed by atoms with Crippen molar-refractivity contribution >= 4 is 10.0 Å². The number of hydrogen-bond acceptors (Lipinski definition) is 3. The Morgan fingerprint density at radius 3 is 2.79 bits per heavy atom. The highest BCUT2D eigenvalue weighted by Gasteiger charge is 2.30. The van der Waals surface area contributed by atoms with Gasteiger partial charge in [-0.05, 0) is 25.0 Å². The quantitative estimate of drug-likeness (QED) is 0.807. The molecule has 1 aromatic rings. The van der Waals surface area contributed by atoms with Gasteiger partial charge >= 0.3 is 0 Å². The van der Waals surface area contributed by atoms with Crippen LogP contribution in [-0.2, 0) is 10.0 Å². The summed E-state index contributed by atoms with van der Waals surface area (Å²) in [4.78, 5) is 3.51. The molecule has 14 heavy (non-hydrogen) atoms. The van der Waals surface area contributed by atoms with Crippen molar-refractivity contribution in [2.75, 3.05) is 0 Å². The van der Waals surface area contributed by atoms with Gasteiger partial charge in [-0.15, -0.1) is 0 Å². The normalized spacial score (nSPS) is 16.9. The Bertz CT molecular complexity index is 442. The van der Waals surface area contributed by atoms with Crippen molar-refractivity contribution in [2.24, 2.45) is 0 Å². The van der Waals surface area contributed by atoms with Crippen LogP contribution in [0.2, 0.25) is 0 Å². The highest BCUT2D eigenvalue weighted by molar-refractivity contribution is 7.89. The minimum Gasteiger partial charge on any atom is -0.241 e. The molecule has 0 spiro atoms. The number of pyridine rings is 1. The fraction of sp³-hybridized carbons (Fsp3) is 0.375. The van der Waals surface area contributed by atoms with Gasteiger partial charge in [0.25, 0.3) is 10.0 Å². The van der Waals surface area contributed by atoms with E-state index >= 15 is 0 Å². The van der Waals surface area contributed by atoms with Crippen LogP contribution in [0.4, 0.5) is 4.39 Å². The smallest absolute Gasteiger partial charge is 0.241 e. The molecule has 1 saturated carbocycles. The first-order valence-corrected chi connectivity index (χ1v) is 5.71. The van der Waals surface area contributed by atoms with Crippen LogP contribution in [0.3, 0.4) is 0 Å². The van der Waals surface area contributed by atoms with E-state index < -0.39 is 20.9 Å². The van der Waals surface area contributed by atoms with Crippen molar-refractivity contribution in [3.63, 3.8) is 0 Å². The zero-order valence-electron chi connectivity index (χ0n) is 7.27. The maximum Gasteiger partial charge on any atom is 0.261 e. The molecule has 1 N–H and O–H groups in total. The molecule has 1 aliphatic carbocycles. The summed E-state index contributed by atoms with van der Waals surface area (Å²) in [6.07, 6.45) is 2.88. The Hall–Kier alpha value is -1.01. The average Bonchev–Trinajstić information content (AvgIpc) is 2.88. The summed E-state index contributed by atoms with van der Waals surface area (Å²) in [5, 5.41) is -0.521. The molecule has 0 bridgehead atoms. The van der Waals surface area contributed by atoms with E-state index in [-0.39, 0.29) is 6.04 Å². The number of sulfonamides is 1. The number of halogens is 1. The Morgan fingerprint density at radius 1 is 1.50 bits per heavy atom. The van der Waals surface area contributed by atoms with Crippen LogP contribution >= 0.6 is 0 Å². The predicted molar refractivity (Wildman–Crippen MR) is 47.5 cm³/mol. The SMILES string of the molecule is O=S(=O)(NC1CC1)c1ncccc1F. The minimum atomic E-state index is -3.76. The number of nitrogens with zero attached hydrogens (tertiary/aromatic N) is 1. The Kier molecular flexibility index (Phi) is 2.24. The maximum atomic E-state index is 13.1. The largest absolute Gasteiger partial charge is 0.261 e. The lowest BCUT2D eigenvalue weighted by Crippen LogP contribution is -2.27. The molecule has 1 aromatic heterocycles. The van der Waals surface area contributed by atoms with Gasteiger partial charge < -0.3 is 0 Å². The van der Waals surface area contributed by atoms with E-state index in [0.717, 1.165) is 18.9 Å². The molecule has 0 atom stereocenters. The first-order valence-electron chi connectivity index (χ1n) is 4.22. The molecule has 6 heteroatoms. The fourth-order valence-corrected chi connectivity index (χ4v) is 2.36. The second-order valence-electron chi connectivity index (χ2n) is 3.19. The van der Waals surface area contributed by atoms with Crippen LogP contribution in [0, 0.1) is 5.82 Å². The molecule has 76 valence electrons. The van der Waals surface area contributed by atoms with E-state index in [9.17, 15) is 12.8 Å². The molecule has 1 fully saturated rings. The molecule has 0 aliphatic heterocycles. The van der Waals surface area contributed by atoms with Crippen LogP contribution in [0.25, 0.3) is 0 Å². The van der Waals surface area contributed by atoms with E-state index in [1.54, 1.807) is 0 Å². The lowest BCUT2D eigenvalue weighted by atomic mass is 10.5. The highest BCUT2D eigenvalue weighted by atomic mass is 32.2. The van der Waals surface area contributed by atoms with Crippen molar-refractivity contribution in [3.05, 3.63) is 24.1 Å². The third-order valence-electron chi connectivity index (χ3n) is 1.88. The summed E-state index contributed by atoms with van der Waals surface area (Å²) >= 11 is 0. The lowest BCUT2D eigenvalue weighted by molar-refractivity contribution is 0.544. The number of hydrogen-bond donors (Lipinski definition) is 1. The zero-order valence-corrected chi connectivity index (χ0v) is 8.09. The standard InChI is InChI=1S/C8H9FN2O2S/c9-7-2-1-5-10-8(7)14(12,13)11-6-3-4-6/h1-2,5-6,11H,3-4H2. The number of nitrogens with one attached hydrogen (secondary N) is 1. The maximum absolute atomic E-state index is 13.1. The van der Waals surface area contributed by atoms with Crippen molar-refractivity contribution < 1.29 is 12.8 Å². The average molecular weight is 216 g/mol. The van der Waals surface area contributed by atoms with Crippen LogP contribution < -0.4 is 4.72 Å². The van der Waals surface area contributed by atoms with Crippen molar-refractivity contribution in [3.8, 4) is 0 Å². The van der Waals surface area contributed by atoms with Gasteiger partial charge in [-0.25, -0.2) is 22.5 Å². The summed E-state index contributed by atoms with van der Waals surface area (Å²) < 4.78 is 38.4. The van der Waals surface area contributed by atoms with Gasteiger partial charge in [0.15, 0.2) is 5.82 Å². The molecule has 0 saturated heterocycles. The second kappa shape index (κ2) is 3.29. The van der Waals surface area contributed by atoms with E-state index in [4.69, 9.17) is 0 Å². The third-order valence-corrected chi connectivity index (χ3v) is 3.33. The molecular weight excluding hydrogens is 207 g/mol. The molecule has 0 radical (unpaired) electrons. The van der Waals surface area contributed by atoms with Gasteiger partial charge in [-0.3, -0.25) is 0 Å². The summed E-state index contributed by atoms with van der Waals surface area (Å²) in [5.41, 5.74) is 0. The Morgan fingerprint density at radius 2 is 2.21 bits per heavy atom. The fourth-order valence-electron chi connectivity index (χ4n) is 1.05. The Labute approximate surface area is 81.2 Å². The summed E-state index contributed by atoms with van der Waals surface area (Å²) in [6, 6.07) is 2.39. The predicted octanol–water partition coefficient (Wildman–Crippen LogP) is 0.661. The molecule has 1 aliphatic rings. The minimum absolute atomic E-state index is 0.0404. The van der Waals surface area contributed by atoms with Crippen LogP contribution in [0.5, 0.6) is 0 Å². The summed E-state index contributed by atoms with van der Waals surface area (Å²) in [5.74, 6) is -0.819. The van der Waals surface area contributed by atoms with Crippen LogP contribution in [0.15, 0.2) is 23.4 Å². The van der Waals surface area contributed by atoms with Gasteiger partial charge in [0.1, 0.15) is 0 Å².